The number of piperazine rings is 1. The maximum atomic E-state index is 4.61. The van der Waals surface area contributed by atoms with E-state index >= 15 is 0 Å². The normalized spacial score (nSPS) is 19.6. The minimum Gasteiger partial charge on any atom is -0.350 e. The average Bonchev–Trinajstić information content (AvgIpc) is 3.16. The van der Waals surface area contributed by atoms with Gasteiger partial charge >= 0.3 is 0 Å². The van der Waals surface area contributed by atoms with E-state index in [-0.39, 0.29) is 0 Å². The SMILES string of the molecule is C[C@@H]1CN(Cc2nccn2C)CCN1c1ccc2nncn2n1. The van der Waals surface area contributed by atoms with Gasteiger partial charge in [-0.25, -0.2) is 4.98 Å². The van der Waals surface area contributed by atoms with Crippen LogP contribution in [0.4, 0.5) is 5.82 Å². The lowest BCUT2D eigenvalue weighted by Gasteiger charge is -2.40. The molecule has 4 heterocycles. The summed E-state index contributed by atoms with van der Waals surface area (Å²) in [6.07, 6.45) is 5.49. The lowest BCUT2D eigenvalue weighted by atomic mass is 10.2. The lowest BCUT2D eigenvalue weighted by Crippen LogP contribution is -2.52. The zero-order valence-corrected chi connectivity index (χ0v) is 13.4. The van der Waals surface area contributed by atoms with Gasteiger partial charge in [-0.3, -0.25) is 4.90 Å². The Morgan fingerprint density at radius 1 is 1.26 bits per heavy atom. The summed E-state index contributed by atoms with van der Waals surface area (Å²) in [5.41, 5.74) is 0.773. The lowest BCUT2D eigenvalue weighted by molar-refractivity contribution is 0.213. The van der Waals surface area contributed by atoms with Crippen molar-refractivity contribution in [3.05, 3.63) is 36.7 Å². The number of anilines is 1. The van der Waals surface area contributed by atoms with Crippen molar-refractivity contribution >= 4 is 11.5 Å². The van der Waals surface area contributed by atoms with Gasteiger partial charge in [-0.05, 0) is 19.1 Å². The standard InChI is InChI=1S/C15H20N8/c1-12-9-21(10-15-16-5-6-20(15)2)7-8-22(12)14-4-3-13-18-17-11-23(13)19-14/h3-6,11-12H,7-10H2,1-2H3/t12-/m1/s1. The number of aromatic nitrogens is 6. The van der Waals surface area contributed by atoms with E-state index in [0.29, 0.717) is 6.04 Å². The van der Waals surface area contributed by atoms with E-state index in [0.717, 1.165) is 43.5 Å². The molecule has 0 radical (unpaired) electrons. The number of nitrogens with zero attached hydrogens (tertiary/aromatic N) is 8. The van der Waals surface area contributed by atoms with Crippen LogP contribution in [0.15, 0.2) is 30.9 Å². The molecule has 1 aliphatic rings. The number of imidazole rings is 1. The molecule has 3 aromatic heterocycles. The number of rotatable bonds is 3. The molecule has 3 aromatic rings. The molecule has 120 valence electrons. The van der Waals surface area contributed by atoms with Gasteiger partial charge in [-0.2, -0.15) is 4.52 Å². The predicted octanol–water partition coefficient (Wildman–Crippen LogP) is 0.568. The maximum absolute atomic E-state index is 4.61. The molecule has 0 spiro atoms. The van der Waals surface area contributed by atoms with Crippen LogP contribution in [0, 0.1) is 0 Å². The molecular weight excluding hydrogens is 292 g/mol. The van der Waals surface area contributed by atoms with E-state index in [1.807, 2.05) is 31.6 Å². The molecule has 1 atom stereocenters. The molecule has 0 aliphatic carbocycles. The summed E-state index contributed by atoms with van der Waals surface area (Å²) in [6.45, 7) is 6.07. The second-order valence-corrected chi connectivity index (χ2v) is 6.06. The predicted molar refractivity (Wildman–Crippen MR) is 86.1 cm³/mol. The number of fused-ring (bicyclic) bond motifs is 1. The fraction of sp³-hybridized carbons (Fsp3) is 0.467. The largest absolute Gasteiger partial charge is 0.350 e. The molecule has 0 aromatic carbocycles. The van der Waals surface area contributed by atoms with Gasteiger partial charge in [0.1, 0.15) is 18.0 Å². The second kappa shape index (κ2) is 5.62. The monoisotopic (exact) mass is 312 g/mol. The Balaban J connectivity index is 1.47. The van der Waals surface area contributed by atoms with Crippen molar-refractivity contribution in [1.29, 1.82) is 0 Å². The molecule has 0 amide bonds. The maximum Gasteiger partial charge on any atom is 0.177 e. The minimum absolute atomic E-state index is 0.394. The van der Waals surface area contributed by atoms with Crippen molar-refractivity contribution in [2.75, 3.05) is 24.5 Å². The van der Waals surface area contributed by atoms with Crippen molar-refractivity contribution in [3.8, 4) is 0 Å². The molecule has 8 nitrogen and oxygen atoms in total. The number of hydrogen-bond donors (Lipinski definition) is 0. The third kappa shape index (κ3) is 2.65. The van der Waals surface area contributed by atoms with Crippen LogP contribution in [0.25, 0.3) is 5.65 Å². The van der Waals surface area contributed by atoms with Crippen molar-refractivity contribution < 1.29 is 0 Å². The second-order valence-electron chi connectivity index (χ2n) is 6.06. The van der Waals surface area contributed by atoms with Gasteiger partial charge in [0, 0.05) is 45.1 Å². The van der Waals surface area contributed by atoms with Crippen molar-refractivity contribution in [2.24, 2.45) is 7.05 Å². The first-order chi connectivity index (χ1) is 11.2. The first kappa shape index (κ1) is 14.1. The van der Waals surface area contributed by atoms with Gasteiger partial charge in [0.05, 0.1) is 6.54 Å². The van der Waals surface area contributed by atoms with E-state index in [4.69, 9.17) is 0 Å². The Labute approximate surface area is 134 Å². The Bertz CT molecular complexity index is 807. The minimum atomic E-state index is 0.394. The van der Waals surface area contributed by atoms with Crippen LogP contribution in [0.2, 0.25) is 0 Å². The number of hydrogen-bond acceptors (Lipinski definition) is 6. The van der Waals surface area contributed by atoms with Gasteiger partial charge in [0.25, 0.3) is 0 Å². The summed E-state index contributed by atoms with van der Waals surface area (Å²) in [4.78, 5) is 9.21. The summed E-state index contributed by atoms with van der Waals surface area (Å²) in [7, 11) is 2.04. The Hall–Kier alpha value is -2.48. The van der Waals surface area contributed by atoms with Crippen LogP contribution in [-0.4, -0.2) is 59.9 Å². The van der Waals surface area contributed by atoms with Crippen LogP contribution in [-0.2, 0) is 13.6 Å². The molecule has 4 rings (SSSR count). The first-order valence-corrected chi connectivity index (χ1v) is 7.83. The van der Waals surface area contributed by atoms with Crippen molar-refractivity contribution in [3.63, 3.8) is 0 Å². The molecular formula is C15H20N8. The van der Waals surface area contributed by atoms with E-state index in [9.17, 15) is 0 Å². The summed E-state index contributed by atoms with van der Waals surface area (Å²) in [5, 5.41) is 12.5. The summed E-state index contributed by atoms with van der Waals surface area (Å²) < 4.78 is 3.81. The Morgan fingerprint density at radius 2 is 2.17 bits per heavy atom. The summed E-state index contributed by atoms with van der Waals surface area (Å²) >= 11 is 0. The van der Waals surface area contributed by atoms with Crippen molar-refractivity contribution in [1.82, 2.24) is 34.3 Å². The third-order valence-corrected chi connectivity index (χ3v) is 4.44. The Kier molecular flexibility index (Phi) is 3.45. The van der Waals surface area contributed by atoms with Gasteiger partial charge in [0.2, 0.25) is 0 Å². The highest BCUT2D eigenvalue weighted by atomic mass is 15.4. The van der Waals surface area contributed by atoms with Crippen LogP contribution < -0.4 is 4.90 Å². The van der Waals surface area contributed by atoms with Crippen LogP contribution in [0.5, 0.6) is 0 Å². The molecule has 1 aliphatic heterocycles. The highest BCUT2D eigenvalue weighted by Gasteiger charge is 2.25. The molecule has 1 saturated heterocycles. The van der Waals surface area contributed by atoms with Crippen LogP contribution in [0.3, 0.4) is 0 Å². The smallest absolute Gasteiger partial charge is 0.177 e. The van der Waals surface area contributed by atoms with Crippen LogP contribution >= 0.6 is 0 Å². The molecule has 23 heavy (non-hydrogen) atoms. The fourth-order valence-electron chi connectivity index (χ4n) is 3.14. The highest BCUT2D eigenvalue weighted by molar-refractivity contribution is 5.46. The molecule has 0 saturated carbocycles. The van der Waals surface area contributed by atoms with E-state index in [2.05, 4.69) is 41.6 Å². The average molecular weight is 312 g/mol. The zero-order valence-electron chi connectivity index (χ0n) is 13.4. The molecule has 0 N–H and O–H groups in total. The zero-order chi connectivity index (χ0) is 15.8. The summed E-state index contributed by atoms with van der Waals surface area (Å²) in [5.74, 6) is 2.08. The molecule has 8 heteroatoms. The van der Waals surface area contributed by atoms with Gasteiger partial charge in [0.15, 0.2) is 5.65 Å². The topological polar surface area (TPSA) is 67.4 Å². The molecule has 1 fully saturated rings. The van der Waals surface area contributed by atoms with Gasteiger partial charge in [-0.1, -0.05) is 0 Å². The molecule has 0 bridgehead atoms. The third-order valence-electron chi connectivity index (χ3n) is 4.44. The van der Waals surface area contributed by atoms with E-state index in [1.165, 1.54) is 0 Å². The number of aryl methyl sites for hydroxylation is 1. The van der Waals surface area contributed by atoms with Crippen LogP contribution in [0.1, 0.15) is 12.7 Å². The highest BCUT2D eigenvalue weighted by Crippen LogP contribution is 2.19. The Morgan fingerprint density at radius 3 is 2.96 bits per heavy atom. The van der Waals surface area contributed by atoms with Gasteiger partial charge < -0.3 is 9.47 Å². The fourth-order valence-corrected chi connectivity index (χ4v) is 3.14. The first-order valence-electron chi connectivity index (χ1n) is 7.83. The van der Waals surface area contributed by atoms with E-state index in [1.54, 1.807) is 10.8 Å². The van der Waals surface area contributed by atoms with Gasteiger partial charge in [-0.15, -0.1) is 15.3 Å². The molecule has 0 unspecified atom stereocenters. The summed E-state index contributed by atoms with van der Waals surface area (Å²) in [6, 6.07) is 4.38. The quantitative estimate of drug-likeness (QED) is 0.704. The van der Waals surface area contributed by atoms with E-state index < -0.39 is 0 Å². The van der Waals surface area contributed by atoms with Crippen molar-refractivity contribution in [2.45, 2.75) is 19.5 Å².